The van der Waals surface area contributed by atoms with Crippen LogP contribution in [-0.2, 0) is 15.9 Å². The Morgan fingerprint density at radius 1 is 1.05 bits per heavy atom. The minimum absolute atomic E-state index is 0.226. The molecule has 3 rings (SSSR count). The van der Waals surface area contributed by atoms with Crippen LogP contribution in [-0.4, -0.2) is 61.3 Å². The fourth-order valence-corrected chi connectivity index (χ4v) is 3.81. The molecule has 3 heterocycles. The van der Waals surface area contributed by atoms with E-state index in [1.165, 1.54) is 9.65 Å². The minimum atomic E-state index is -0.265. The summed E-state index contributed by atoms with van der Waals surface area (Å²) in [5.74, 6) is 0. The molecule has 1 aromatic rings. The quantitative estimate of drug-likeness (QED) is 0.792. The Morgan fingerprint density at radius 3 is 2.23 bits per heavy atom. The first-order valence-corrected chi connectivity index (χ1v) is 8.94. The summed E-state index contributed by atoms with van der Waals surface area (Å²) >= 11 is 1.82. The second-order valence-corrected chi connectivity index (χ2v) is 8.67. The van der Waals surface area contributed by atoms with Gasteiger partial charge in [-0.3, -0.25) is 4.90 Å². The van der Waals surface area contributed by atoms with Gasteiger partial charge in [0.05, 0.1) is 11.2 Å². The zero-order valence-corrected chi connectivity index (χ0v) is 15.2. The second kappa shape index (κ2) is 5.91. The molecule has 122 valence electrons. The average Bonchev–Trinajstić information content (AvgIpc) is 2.96. The van der Waals surface area contributed by atoms with E-state index in [0.29, 0.717) is 0 Å². The van der Waals surface area contributed by atoms with Gasteiger partial charge in [0.2, 0.25) is 0 Å². The smallest absolute Gasteiger partial charge is 0.399 e. The van der Waals surface area contributed by atoms with Gasteiger partial charge in [-0.2, -0.15) is 0 Å². The van der Waals surface area contributed by atoms with Crippen LogP contribution in [0.15, 0.2) is 12.1 Å². The summed E-state index contributed by atoms with van der Waals surface area (Å²) in [7, 11) is 1.97. The van der Waals surface area contributed by atoms with E-state index in [4.69, 9.17) is 9.31 Å². The molecule has 2 aliphatic heterocycles. The van der Waals surface area contributed by atoms with Gasteiger partial charge in [-0.25, -0.2) is 0 Å². The summed E-state index contributed by atoms with van der Waals surface area (Å²) in [6, 6.07) is 4.39. The molecule has 0 radical (unpaired) electrons. The van der Waals surface area contributed by atoms with Gasteiger partial charge < -0.3 is 14.2 Å². The van der Waals surface area contributed by atoms with Gasteiger partial charge in [0.15, 0.2) is 0 Å². The third-order valence-electron chi connectivity index (χ3n) is 5.14. The second-order valence-electron chi connectivity index (χ2n) is 7.47. The molecule has 22 heavy (non-hydrogen) atoms. The molecule has 0 spiro atoms. The first kappa shape index (κ1) is 16.5. The Balaban J connectivity index is 1.62. The highest BCUT2D eigenvalue weighted by atomic mass is 32.1. The molecule has 0 atom stereocenters. The highest BCUT2D eigenvalue weighted by Gasteiger charge is 2.52. The third kappa shape index (κ3) is 3.26. The molecule has 2 saturated heterocycles. The van der Waals surface area contributed by atoms with Crippen molar-refractivity contribution in [2.75, 3.05) is 33.2 Å². The third-order valence-corrected chi connectivity index (χ3v) is 6.23. The fraction of sp³-hybridized carbons (Fsp3) is 0.750. The van der Waals surface area contributed by atoms with E-state index in [-0.39, 0.29) is 18.3 Å². The van der Waals surface area contributed by atoms with Crippen molar-refractivity contribution in [3.05, 3.63) is 17.0 Å². The predicted molar refractivity (Wildman–Crippen MR) is 92.8 cm³/mol. The van der Waals surface area contributed by atoms with E-state index < -0.39 is 0 Å². The first-order chi connectivity index (χ1) is 10.3. The van der Waals surface area contributed by atoms with Crippen molar-refractivity contribution < 1.29 is 9.31 Å². The molecule has 4 nitrogen and oxygen atoms in total. The highest BCUT2D eigenvalue weighted by molar-refractivity contribution is 7.22. The van der Waals surface area contributed by atoms with Crippen molar-refractivity contribution >= 4 is 23.2 Å². The number of nitrogens with zero attached hydrogens (tertiary/aromatic N) is 2. The Labute approximate surface area is 138 Å². The van der Waals surface area contributed by atoms with Gasteiger partial charge in [0.25, 0.3) is 0 Å². The van der Waals surface area contributed by atoms with Crippen molar-refractivity contribution in [2.24, 2.45) is 0 Å². The monoisotopic (exact) mass is 322 g/mol. The van der Waals surface area contributed by atoms with Crippen molar-refractivity contribution in [2.45, 2.75) is 45.4 Å². The molecule has 0 aromatic carbocycles. The zero-order valence-electron chi connectivity index (χ0n) is 14.4. The largest absolute Gasteiger partial charge is 0.505 e. The molecule has 6 heteroatoms. The maximum absolute atomic E-state index is 6.14. The van der Waals surface area contributed by atoms with E-state index >= 15 is 0 Å². The number of rotatable bonds is 3. The number of hydrogen-bond acceptors (Lipinski definition) is 5. The van der Waals surface area contributed by atoms with Crippen molar-refractivity contribution in [1.82, 2.24) is 9.80 Å². The number of piperazine rings is 1. The molecule has 0 unspecified atom stereocenters. The summed E-state index contributed by atoms with van der Waals surface area (Å²) in [5.41, 5.74) is -0.529. The minimum Gasteiger partial charge on any atom is -0.399 e. The van der Waals surface area contributed by atoms with Crippen LogP contribution in [0.2, 0.25) is 0 Å². The topological polar surface area (TPSA) is 24.9 Å². The van der Waals surface area contributed by atoms with Crippen LogP contribution in [0.5, 0.6) is 0 Å². The van der Waals surface area contributed by atoms with Gasteiger partial charge in [-0.1, -0.05) is 6.07 Å². The maximum atomic E-state index is 6.14. The molecular weight excluding hydrogens is 295 g/mol. The summed E-state index contributed by atoms with van der Waals surface area (Å²) in [4.78, 5) is 6.31. The van der Waals surface area contributed by atoms with Gasteiger partial charge in [-0.15, -0.1) is 11.3 Å². The standard InChI is InChI=1S/C16H27BN2O2S/c1-15(2)16(3,4)21-17(20-15)14-7-6-13(22-14)12-19-10-8-18(5)9-11-19/h6-7H,8-12H2,1-5H3. The van der Waals surface area contributed by atoms with Gasteiger partial charge in [0, 0.05) is 42.4 Å². The van der Waals surface area contributed by atoms with E-state index in [0.717, 1.165) is 32.7 Å². The van der Waals surface area contributed by atoms with Crippen molar-refractivity contribution in [1.29, 1.82) is 0 Å². The predicted octanol–water partition coefficient (Wildman–Crippen LogP) is 1.79. The number of hydrogen-bond donors (Lipinski definition) is 0. The summed E-state index contributed by atoms with van der Waals surface area (Å²) < 4.78 is 13.5. The lowest BCUT2D eigenvalue weighted by atomic mass is 9.88. The van der Waals surface area contributed by atoms with Crippen LogP contribution in [0.1, 0.15) is 32.6 Å². The molecule has 0 N–H and O–H groups in total. The van der Waals surface area contributed by atoms with Crippen molar-refractivity contribution in [3.8, 4) is 0 Å². The molecular formula is C16H27BN2O2S. The summed E-state index contributed by atoms with van der Waals surface area (Å²) in [6.07, 6.45) is 0. The zero-order chi connectivity index (χ0) is 16.0. The number of thiophene rings is 1. The Morgan fingerprint density at radius 2 is 1.64 bits per heavy atom. The summed E-state index contributed by atoms with van der Waals surface area (Å²) in [5, 5.41) is 0. The van der Waals surface area contributed by atoms with E-state index in [1.54, 1.807) is 0 Å². The SMILES string of the molecule is CN1CCN(Cc2ccc(B3OC(C)(C)C(C)(C)O3)s2)CC1. The van der Waals surface area contributed by atoms with Crippen LogP contribution in [0, 0.1) is 0 Å². The van der Waals surface area contributed by atoms with Crippen LogP contribution < -0.4 is 4.78 Å². The van der Waals surface area contributed by atoms with E-state index in [1.807, 2.05) is 11.3 Å². The molecule has 0 saturated carbocycles. The lowest BCUT2D eigenvalue weighted by molar-refractivity contribution is 0.00578. The van der Waals surface area contributed by atoms with Gasteiger partial charge in [-0.05, 0) is 40.8 Å². The normalized spacial score (nSPS) is 25.8. The molecule has 1 aromatic heterocycles. The molecule has 2 aliphatic rings. The fourth-order valence-electron chi connectivity index (χ4n) is 2.79. The lowest BCUT2D eigenvalue weighted by Gasteiger charge is -2.32. The van der Waals surface area contributed by atoms with Crippen LogP contribution in [0.4, 0.5) is 0 Å². The molecule has 0 bridgehead atoms. The Kier molecular flexibility index (Phi) is 4.42. The summed E-state index contributed by atoms with van der Waals surface area (Å²) in [6.45, 7) is 14.1. The molecule has 2 fully saturated rings. The molecule has 0 aliphatic carbocycles. The van der Waals surface area contributed by atoms with Crippen LogP contribution >= 0.6 is 11.3 Å². The maximum Gasteiger partial charge on any atom is 0.505 e. The van der Waals surface area contributed by atoms with Crippen LogP contribution in [0.25, 0.3) is 0 Å². The van der Waals surface area contributed by atoms with Gasteiger partial charge in [0.1, 0.15) is 0 Å². The van der Waals surface area contributed by atoms with Crippen molar-refractivity contribution in [3.63, 3.8) is 0 Å². The lowest BCUT2D eigenvalue weighted by Crippen LogP contribution is -2.43. The average molecular weight is 322 g/mol. The first-order valence-electron chi connectivity index (χ1n) is 8.12. The van der Waals surface area contributed by atoms with Crippen LogP contribution in [0.3, 0.4) is 0 Å². The van der Waals surface area contributed by atoms with E-state index in [9.17, 15) is 0 Å². The Hall–Kier alpha value is -0.395. The number of likely N-dealkylation sites (N-methyl/N-ethyl adjacent to an activating group) is 1. The van der Waals surface area contributed by atoms with Gasteiger partial charge >= 0.3 is 7.12 Å². The Bertz CT molecular complexity index is 508. The highest BCUT2D eigenvalue weighted by Crippen LogP contribution is 2.37. The van der Waals surface area contributed by atoms with E-state index in [2.05, 4.69) is 56.7 Å². The molecule has 0 amide bonds.